The fourth-order valence-electron chi connectivity index (χ4n) is 1.62. The van der Waals surface area contributed by atoms with Crippen LogP contribution in [0, 0.1) is 0 Å². The SMILES string of the molecule is Cn1c(=O)oc2cc(CNCCN)ccc21. The molecule has 1 heterocycles. The number of fused-ring (bicyclic) bond motifs is 1. The van der Waals surface area contributed by atoms with Crippen molar-refractivity contribution in [3.8, 4) is 0 Å². The molecule has 0 atom stereocenters. The van der Waals surface area contributed by atoms with Crippen LogP contribution in [0.5, 0.6) is 0 Å². The van der Waals surface area contributed by atoms with Gasteiger partial charge in [0.2, 0.25) is 0 Å². The van der Waals surface area contributed by atoms with Crippen molar-refractivity contribution >= 4 is 11.1 Å². The van der Waals surface area contributed by atoms with Crippen LogP contribution in [-0.2, 0) is 13.6 Å². The maximum absolute atomic E-state index is 11.3. The van der Waals surface area contributed by atoms with Crippen LogP contribution >= 0.6 is 0 Å². The number of benzene rings is 1. The van der Waals surface area contributed by atoms with Crippen LogP contribution in [0.2, 0.25) is 0 Å². The van der Waals surface area contributed by atoms with Gasteiger partial charge in [0.15, 0.2) is 5.58 Å². The molecule has 1 aromatic heterocycles. The Hall–Kier alpha value is -1.59. The van der Waals surface area contributed by atoms with Gasteiger partial charge in [-0.05, 0) is 17.7 Å². The molecule has 16 heavy (non-hydrogen) atoms. The van der Waals surface area contributed by atoms with E-state index >= 15 is 0 Å². The van der Waals surface area contributed by atoms with Gasteiger partial charge in [-0.15, -0.1) is 0 Å². The highest BCUT2D eigenvalue weighted by Gasteiger charge is 2.05. The number of rotatable bonds is 4. The summed E-state index contributed by atoms with van der Waals surface area (Å²) < 4.78 is 6.59. The van der Waals surface area contributed by atoms with Crippen molar-refractivity contribution in [2.24, 2.45) is 12.8 Å². The van der Waals surface area contributed by atoms with Crippen molar-refractivity contribution in [3.63, 3.8) is 0 Å². The van der Waals surface area contributed by atoms with Gasteiger partial charge in [0.05, 0.1) is 5.52 Å². The van der Waals surface area contributed by atoms with Crippen LogP contribution in [0.15, 0.2) is 27.4 Å². The Morgan fingerprint density at radius 1 is 1.50 bits per heavy atom. The van der Waals surface area contributed by atoms with Gasteiger partial charge in [0, 0.05) is 26.7 Å². The lowest BCUT2D eigenvalue weighted by Gasteiger charge is -2.02. The van der Waals surface area contributed by atoms with E-state index in [4.69, 9.17) is 10.2 Å². The average Bonchev–Trinajstić information content (AvgIpc) is 2.55. The molecule has 0 radical (unpaired) electrons. The molecule has 5 heteroatoms. The van der Waals surface area contributed by atoms with E-state index in [1.54, 1.807) is 7.05 Å². The standard InChI is InChI=1S/C11H15N3O2/c1-14-9-3-2-8(7-13-5-4-12)6-10(9)16-11(14)15/h2-3,6,13H,4-5,7,12H2,1H3. The molecule has 0 saturated heterocycles. The summed E-state index contributed by atoms with van der Waals surface area (Å²) in [6.07, 6.45) is 0. The Balaban J connectivity index is 2.27. The molecule has 0 bridgehead atoms. The number of hydrogen-bond donors (Lipinski definition) is 2. The summed E-state index contributed by atoms with van der Waals surface area (Å²) >= 11 is 0. The molecule has 0 fully saturated rings. The normalized spacial score (nSPS) is 11.1. The van der Waals surface area contributed by atoms with E-state index in [2.05, 4.69) is 5.32 Å². The Kier molecular flexibility index (Phi) is 3.07. The van der Waals surface area contributed by atoms with Crippen LogP contribution < -0.4 is 16.8 Å². The lowest BCUT2D eigenvalue weighted by atomic mass is 10.2. The molecule has 0 amide bonds. The second-order valence-corrected chi connectivity index (χ2v) is 3.69. The summed E-state index contributed by atoms with van der Waals surface area (Å²) in [5, 5.41) is 3.19. The van der Waals surface area contributed by atoms with Crippen LogP contribution in [0.1, 0.15) is 5.56 Å². The number of aromatic nitrogens is 1. The maximum atomic E-state index is 11.3. The minimum Gasteiger partial charge on any atom is -0.408 e. The molecule has 0 spiro atoms. The Morgan fingerprint density at radius 2 is 2.31 bits per heavy atom. The summed E-state index contributed by atoms with van der Waals surface area (Å²) in [7, 11) is 1.69. The molecule has 5 nitrogen and oxygen atoms in total. The van der Waals surface area contributed by atoms with Gasteiger partial charge in [-0.3, -0.25) is 4.57 Å². The molecular weight excluding hydrogens is 206 g/mol. The van der Waals surface area contributed by atoms with Gasteiger partial charge in [-0.2, -0.15) is 0 Å². The van der Waals surface area contributed by atoms with E-state index in [9.17, 15) is 4.79 Å². The van der Waals surface area contributed by atoms with E-state index < -0.39 is 0 Å². The van der Waals surface area contributed by atoms with Gasteiger partial charge in [0.25, 0.3) is 0 Å². The average molecular weight is 221 g/mol. The summed E-state index contributed by atoms with van der Waals surface area (Å²) in [6.45, 7) is 2.12. The smallest absolute Gasteiger partial charge is 0.408 e. The monoisotopic (exact) mass is 221 g/mol. The number of nitrogens with one attached hydrogen (secondary N) is 1. The summed E-state index contributed by atoms with van der Waals surface area (Å²) in [5.74, 6) is -0.331. The number of hydrogen-bond acceptors (Lipinski definition) is 4. The molecule has 2 rings (SSSR count). The van der Waals surface area contributed by atoms with Gasteiger partial charge >= 0.3 is 5.76 Å². The van der Waals surface area contributed by atoms with Gasteiger partial charge in [-0.1, -0.05) is 6.07 Å². The molecule has 86 valence electrons. The Bertz CT molecular complexity index is 542. The third-order valence-corrected chi connectivity index (χ3v) is 2.51. The van der Waals surface area contributed by atoms with Gasteiger partial charge in [0.1, 0.15) is 0 Å². The molecule has 1 aromatic carbocycles. The summed E-state index contributed by atoms with van der Waals surface area (Å²) in [6, 6.07) is 5.74. The Morgan fingerprint density at radius 3 is 3.06 bits per heavy atom. The van der Waals surface area contributed by atoms with E-state index in [-0.39, 0.29) is 5.76 Å². The molecule has 0 aliphatic rings. The van der Waals surface area contributed by atoms with Crippen LogP contribution in [0.4, 0.5) is 0 Å². The van der Waals surface area contributed by atoms with Crippen molar-refractivity contribution in [1.82, 2.24) is 9.88 Å². The summed E-state index contributed by atoms with van der Waals surface area (Å²) in [5.41, 5.74) is 7.90. The predicted octanol–water partition coefficient (Wildman–Crippen LogP) is 0.180. The highest BCUT2D eigenvalue weighted by atomic mass is 16.4. The zero-order valence-corrected chi connectivity index (χ0v) is 9.19. The van der Waals surface area contributed by atoms with E-state index in [0.717, 1.165) is 24.2 Å². The first kappa shape index (κ1) is 10.9. The molecule has 2 aromatic rings. The van der Waals surface area contributed by atoms with E-state index in [1.165, 1.54) is 4.57 Å². The second kappa shape index (κ2) is 4.51. The molecule has 0 aliphatic carbocycles. The number of nitrogens with two attached hydrogens (primary N) is 1. The molecule has 0 unspecified atom stereocenters. The number of aryl methyl sites for hydroxylation is 1. The highest BCUT2D eigenvalue weighted by molar-refractivity contribution is 5.73. The third-order valence-electron chi connectivity index (χ3n) is 2.51. The first-order valence-electron chi connectivity index (χ1n) is 5.21. The topological polar surface area (TPSA) is 73.2 Å². The lowest BCUT2D eigenvalue weighted by molar-refractivity contribution is 0.527. The van der Waals surface area contributed by atoms with Gasteiger partial charge < -0.3 is 15.5 Å². The van der Waals surface area contributed by atoms with Crippen LogP contribution in [0.3, 0.4) is 0 Å². The first-order valence-corrected chi connectivity index (χ1v) is 5.21. The summed E-state index contributed by atoms with van der Waals surface area (Å²) in [4.78, 5) is 11.3. The fourth-order valence-corrected chi connectivity index (χ4v) is 1.62. The highest BCUT2D eigenvalue weighted by Crippen LogP contribution is 2.13. The minimum atomic E-state index is -0.331. The fraction of sp³-hybridized carbons (Fsp3) is 0.364. The Labute approximate surface area is 92.8 Å². The predicted molar refractivity (Wildman–Crippen MR) is 62.2 cm³/mol. The van der Waals surface area contributed by atoms with Crippen molar-refractivity contribution in [2.45, 2.75) is 6.54 Å². The van der Waals surface area contributed by atoms with E-state index in [0.29, 0.717) is 12.1 Å². The first-order chi connectivity index (χ1) is 7.72. The number of nitrogens with zero attached hydrogens (tertiary/aromatic N) is 1. The van der Waals surface area contributed by atoms with Crippen molar-refractivity contribution in [1.29, 1.82) is 0 Å². The van der Waals surface area contributed by atoms with Crippen LogP contribution in [-0.4, -0.2) is 17.7 Å². The minimum absolute atomic E-state index is 0.331. The molecule has 3 N–H and O–H groups in total. The zero-order valence-electron chi connectivity index (χ0n) is 9.19. The number of oxazole rings is 1. The van der Waals surface area contributed by atoms with Crippen molar-refractivity contribution in [2.75, 3.05) is 13.1 Å². The molecular formula is C11H15N3O2. The van der Waals surface area contributed by atoms with Crippen LogP contribution in [0.25, 0.3) is 11.1 Å². The van der Waals surface area contributed by atoms with Crippen molar-refractivity contribution < 1.29 is 4.42 Å². The molecule has 0 aliphatic heterocycles. The lowest BCUT2D eigenvalue weighted by Crippen LogP contribution is -2.21. The zero-order chi connectivity index (χ0) is 11.5. The largest absolute Gasteiger partial charge is 0.419 e. The van der Waals surface area contributed by atoms with Gasteiger partial charge in [-0.25, -0.2) is 4.79 Å². The molecule has 0 saturated carbocycles. The third kappa shape index (κ3) is 2.00. The second-order valence-electron chi connectivity index (χ2n) is 3.69. The maximum Gasteiger partial charge on any atom is 0.419 e. The van der Waals surface area contributed by atoms with Crippen molar-refractivity contribution in [3.05, 3.63) is 34.3 Å². The van der Waals surface area contributed by atoms with E-state index in [1.807, 2.05) is 18.2 Å². The quantitative estimate of drug-likeness (QED) is 0.722.